The lowest BCUT2D eigenvalue weighted by molar-refractivity contribution is -0.146. The van der Waals surface area contributed by atoms with Gasteiger partial charge in [-0.2, -0.15) is 0 Å². The third-order valence-electron chi connectivity index (χ3n) is 6.43. The highest BCUT2D eigenvalue weighted by atomic mass is 79.9. The van der Waals surface area contributed by atoms with Gasteiger partial charge >= 0.3 is 0 Å². The average molecular weight is 419 g/mol. The highest BCUT2D eigenvalue weighted by Crippen LogP contribution is 2.56. The standard InChI is InChI=1S/C20H23BrN2O3/c1-9-6-14(7-10(2)17(9)21)22-18(24)11(3)23-19(25)15-12-4-5-13(8-12)16(15)20(23)26/h6-7,11-13,15-16H,4-5,8H2,1-3H3,(H,22,24)/t11-,12-,13+,15+,16+/m1/s1. The molecule has 1 N–H and O–H groups in total. The number of hydrogen-bond donors (Lipinski definition) is 1. The Morgan fingerprint density at radius 1 is 1.12 bits per heavy atom. The molecule has 0 radical (unpaired) electrons. The molecule has 1 aliphatic heterocycles. The molecule has 0 spiro atoms. The number of carbonyl (C=O) groups excluding carboxylic acids is 3. The third kappa shape index (κ3) is 2.53. The van der Waals surface area contributed by atoms with Crippen LogP contribution in [0.5, 0.6) is 0 Å². The van der Waals surface area contributed by atoms with E-state index in [1.54, 1.807) is 6.92 Å². The lowest BCUT2D eigenvalue weighted by Crippen LogP contribution is -2.46. The maximum Gasteiger partial charge on any atom is 0.247 e. The Hall–Kier alpha value is -1.69. The lowest BCUT2D eigenvalue weighted by atomic mass is 9.81. The van der Waals surface area contributed by atoms with Crippen LogP contribution >= 0.6 is 15.9 Å². The molecular weight excluding hydrogens is 396 g/mol. The maximum atomic E-state index is 12.9. The summed E-state index contributed by atoms with van der Waals surface area (Å²) in [5.41, 5.74) is 2.72. The van der Waals surface area contributed by atoms with E-state index in [1.165, 1.54) is 4.90 Å². The number of imide groups is 1. The van der Waals surface area contributed by atoms with Crippen molar-refractivity contribution < 1.29 is 14.4 Å². The van der Waals surface area contributed by atoms with Crippen molar-refractivity contribution in [2.24, 2.45) is 23.7 Å². The number of hydrogen-bond acceptors (Lipinski definition) is 3. The molecule has 1 heterocycles. The van der Waals surface area contributed by atoms with Crippen molar-refractivity contribution in [3.8, 4) is 0 Å². The Balaban J connectivity index is 1.52. The number of anilines is 1. The first-order valence-electron chi connectivity index (χ1n) is 9.24. The van der Waals surface area contributed by atoms with Crippen molar-refractivity contribution in [1.82, 2.24) is 4.90 Å². The minimum atomic E-state index is -0.788. The fourth-order valence-corrected chi connectivity index (χ4v) is 5.42. The molecule has 26 heavy (non-hydrogen) atoms. The number of likely N-dealkylation sites (tertiary alicyclic amines) is 1. The molecular formula is C20H23BrN2O3. The SMILES string of the molecule is Cc1cc(NC(=O)[C@@H](C)N2C(=O)[C@H]3[C@@H]4CC[C@@H](C4)[C@@H]3C2=O)cc(C)c1Br. The highest BCUT2D eigenvalue weighted by molar-refractivity contribution is 9.10. The van der Waals surface area contributed by atoms with Gasteiger partial charge in [0.05, 0.1) is 11.8 Å². The predicted octanol–water partition coefficient (Wildman–Crippen LogP) is 3.42. The summed E-state index contributed by atoms with van der Waals surface area (Å²) in [6.07, 6.45) is 3.08. The fraction of sp³-hybridized carbons (Fsp3) is 0.550. The van der Waals surface area contributed by atoms with E-state index in [0.717, 1.165) is 34.9 Å². The average Bonchev–Trinajstić information content (AvgIpc) is 3.26. The molecule has 3 amide bonds. The van der Waals surface area contributed by atoms with E-state index >= 15 is 0 Å². The summed E-state index contributed by atoms with van der Waals surface area (Å²) < 4.78 is 1.01. The van der Waals surface area contributed by atoms with Gasteiger partial charge in [-0.25, -0.2) is 0 Å². The first kappa shape index (κ1) is 17.7. The molecule has 1 aromatic carbocycles. The van der Waals surface area contributed by atoms with E-state index in [4.69, 9.17) is 0 Å². The summed E-state index contributed by atoms with van der Waals surface area (Å²) in [6, 6.07) is 2.97. The molecule has 1 saturated heterocycles. The number of benzene rings is 1. The van der Waals surface area contributed by atoms with Crippen LogP contribution in [0.1, 0.15) is 37.3 Å². The zero-order valence-electron chi connectivity index (χ0n) is 15.2. The van der Waals surface area contributed by atoms with Crippen molar-refractivity contribution in [3.63, 3.8) is 0 Å². The molecule has 1 aromatic rings. The zero-order chi connectivity index (χ0) is 18.7. The Labute approximate surface area is 161 Å². The summed E-state index contributed by atoms with van der Waals surface area (Å²) in [5.74, 6) is -0.310. The summed E-state index contributed by atoms with van der Waals surface area (Å²) in [5, 5.41) is 2.87. The molecule has 5 atom stereocenters. The van der Waals surface area contributed by atoms with Crippen LogP contribution < -0.4 is 5.32 Å². The number of aryl methyl sites for hydroxylation is 2. The van der Waals surface area contributed by atoms with E-state index in [2.05, 4.69) is 21.2 Å². The number of nitrogens with zero attached hydrogens (tertiary/aromatic N) is 1. The van der Waals surface area contributed by atoms with Gasteiger partial charge < -0.3 is 5.32 Å². The zero-order valence-corrected chi connectivity index (χ0v) is 16.8. The maximum absolute atomic E-state index is 12.9. The predicted molar refractivity (Wildman–Crippen MR) is 101 cm³/mol. The van der Waals surface area contributed by atoms with Crippen molar-refractivity contribution in [3.05, 3.63) is 27.7 Å². The van der Waals surface area contributed by atoms with E-state index in [-0.39, 0.29) is 29.6 Å². The first-order valence-corrected chi connectivity index (χ1v) is 10.0. The second kappa shape index (κ2) is 6.19. The monoisotopic (exact) mass is 418 g/mol. The molecule has 2 bridgehead atoms. The lowest BCUT2D eigenvalue weighted by Gasteiger charge is -2.24. The molecule has 2 aliphatic carbocycles. The highest BCUT2D eigenvalue weighted by Gasteiger charge is 2.62. The van der Waals surface area contributed by atoms with Gasteiger partial charge in [0, 0.05) is 10.2 Å². The second-order valence-corrected chi connectivity index (χ2v) is 8.81. The number of fused-ring (bicyclic) bond motifs is 5. The van der Waals surface area contributed by atoms with Gasteiger partial charge in [0.15, 0.2) is 0 Å². The summed E-state index contributed by atoms with van der Waals surface area (Å²) in [6.45, 7) is 5.56. The Bertz CT molecular complexity index is 770. The molecule has 138 valence electrons. The number of carbonyl (C=O) groups is 3. The summed E-state index contributed by atoms with van der Waals surface area (Å²) >= 11 is 3.51. The van der Waals surface area contributed by atoms with Crippen LogP contribution in [0.3, 0.4) is 0 Å². The first-order chi connectivity index (χ1) is 12.3. The van der Waals surface area contributed by atoms with E-state index in [1.807, 2.05) is 26.0 Å². The van der Waals surface area contributed by atoms with Crippen LogP contribution in [0.15, 0.2) is 16.6 Å². The molecule has 6 heteroatoms. The molecule has 2 saturated carbocycles. The van der Waals surface area contributed by atoms with Crippen LogP contribution in [-0.2, 0) is 14.4 Å². The van der Waals surface area contributed by atoms with Crippen molar-refractivity contribution in [2.45, 2.75) is 46.1 Å². The van der Waals surface area contributed by atoms with Crippen LogP contribution in [0, 0.1) is 37.5 Å². The topological polar surface area (TPSA) is 66.5 Å². The van der Waals surface area contributed by atoms with E-state index in [0.29, 0.717) is 17.5 Å². The molecule has 4 rings (SSSR count). The molecule has 3 fully saturated rings. The van der Waals surface area contributed by atoms with E-state index < -0.39 is 6.04 Å². The Morgan fingerprint density at radius 2 is 1.62 bits per heavy atom. The summed E-state index contributed by atoms with van der Waals surface area (Å²) in [4.78, 5) is 39.7. The van der Waals surface area contributed by atoms with Gasteiger partial charge in [-0.3, -0.25) is 19.3 Å². The number of amides is 3. The van der Waals surface area contributed by atoms with Gasteiger partial charge in [0.2, 0.25) is 17.7 Å². The van der Waals surface area contributed by atoms with Crippen molar-refractivity contribution in [2.75, 3.05) is 5.32 Å². The smallest absolute Gasteiger partial charge is 0.247 e. The van der Waals surface area contributed by atoms with Crippen LogP contribution in [0.2, 0.25) is 0 Å². The quantitative estimate of drug-likeness (QED) is 0.764. The van der Waals surface area contributed by atoms with Gasteiger partial charge in [0.25, 0.3) is 0 Å². The molecule has 3 aliphatic rings. The number of halogens is 1. The third-order valence-corrected chi connectivity index (χ3v) is 7.68. The van der Waals surface area contributed by atoms with Gasteiger partial charge in [-0.05, 0) is 75.1 Å². The largest absolute Gasteiger partial charge is 0.324 e. The second-order valence-electron chi connectivity index (χ2n) is 8.02. The van der Waals surface area contributed by atoms with E-state index in [9.17, 15) is 14.4 Å². The normalized spacial score (nSPS) is 30.7. The van der Waals surface area contributed by atoms with Crippen molar-refractivity contribution >= 4 is 39.3 Å². The van der Waals surface area contributed by atoms with Gasteiger partial charge in [-0.1, -0.05) is 15.9 Å². The van der Waals surface area contributed by atoms with Crippen molar-refractivity contribution in [1.29, 1.82) is 0 Å². The number of rotatable bonds is 3. The minimum Gasteiger partial charge on any atom is -0.324 e. The fourth-order valence-electron chi connectivity index (χ4n) is 5.20. The summed E-state index contributed by atoms with van der Waals surface area (Å²) in [7, 11) is 0. The molecule has 5 nitrogen and oxygen atoms in total. The van der Waals surface area contributed by atoms with Gasteiger partial charge in [0.1, 0.15) is 6.04 Å². The molecule has 0 unspecified atom stereocenters. The van der Waals surface area contributed by atoms with Crippen LogP contribution in [0.25, 0.3) is 0 Å². The Morgan fingerprint density at radius 3 is 2.12 bits per heavy atom. The van der Waals surface area contributed by atoms with Crippen LogP contribution in [0.4, 0.5) is 5.69 Å². The minimum absolute atomic E-state index is 0.141. The molecule has 0 aromatic heterocycles. The number of nitrogens with one attached hydrogen (secondary N) is 1. The van der Waals surface area contributed by atoms with Crippen LogP contribution in [-0.4, -0.2) is 28.7 Å². The van der Waals surface area contributed by atoms with Gasteiger partial charge in [-0.15, -0.1) is 0 Å². The Kier molecular flexibility index (Phi) is 4.21.